The van der Waals surface area contributed by atoms with Crippen molar-refractivity contribution in [3.05, 3.63) is 29.6 Å². The van der Waals surface area contributed by atoms with Crippen molar-refractivity contribution in [1.82, 2.24) is 0 Å². The van der Waals surface area contributed by atoms with Gasteiger partial charge in [-0.25, -0.2) is 4.39 Å². The van der Waals surface area contributed by atoms with Crippen molar-refractivity contribution >= 4 is 0 Å². The van der Waals surface area contributed by atoms with Crippen molar-refractivity contribution < 1.29 is 19.3 Å². The van der Waals surface area contributed by atoms with E-state index in [2.05, 4.69) is 0 Å². The quantitative estimate of drug-likeness (QED) is 0.810. The fraction of sp³-hybridized carbons (Fsp3) is 0.500. The van der Waals surface area contributed by atoms with Crippen LogP contribution in [-0.2, 0) is 0 Å². The van der Waals surface area contributed by atoms with Crippen molar-refractivity contribution in [3.63, 3.8) is 0 Å². The molecule has 0 aromatic heterocycles. The molecule has 0 fully saturated rings. The molecule has 1 unspecified atom stereocenters. The first-order valence-electron chi connectivity index (χ1n) is 5.33. The van der Waals surface area contributed by atoms with Crippen LogP contribution >= 0.6 is 0 Å². The maximum atomic E-state index is 13.0. The number of ether oxygens (including phenoxy) is 1. The van der Waals surface area contributed by atoms with E-state index in [9.17, 15) is 14.6 Å². The summed E-state index contributed by atoms with van der Waals surface area (Å²) < 4.78 is 18.3. The predicted octanol–water partition coefficient (Wildman–Crippen LogP) is 2.03. The minimum absolute atomic E-state index is 0.141. The molecule has 0 aliphatic rings. The van der Waals surface area contributed by atoms with E-state index in [-0.39, 0.29) is 6.61 Å². The van der Waals surface area contributed by atoms with Gasteiger partial charge in [-0.3, -0.25) is 0 Å². The highest BCUT2D eigenvalue weighted by Crippen LogP contribution is 2.26. The van der Waals surface area contributed by atoms with Crippen LogP contribution in [0.15, 0.2) is 18.2 Å². The van der Waals surface area contributed by atoms with E-state index in [4.69, 9.17) is 4.74 Å². The summed E-state index contributed by atoms with van der Waals surface area (Å²) in [5.41, 5.74) is 0.392. The second kappa shape index (κ2) is 5.82. The molecule has 1 rings (SSSR count). The molecule has 90 valence electrons. The molecule has 0 saturated carbocycles. The Labute approximate surface area is 94.5 Å². The first kappa shape index (κ1) is 12.9. The molecule has 0 spiro atoms. The van der Waals surface area contributed by atoms with E-state index in [1.165, 1.54) is 25.1 Å². The zero-order valence-electron chi connectivity index (χ0n) is 9.48. The third-order valence-electron chi connectivity index (χ3n) is 2.32. The summed E-state index contributed by atoms with van der Waals surface area (Å²) in [6.45, 7) is 3.52. The average molecular weight is 228 g/mol. The Morgan fingerprint density at radius 1 is 1.38 bits per heavy atom. The van der Waals surface area contributed by atoms with Crippen LogP contribution < -0.4 is 4.74 Å². The molecule has 2 N–H and O–H groups in total. The zero-order chi connectivity index (χ0) is 12.1. The molecule has 0 bridgehead atoms. The van der Waals surface area contributed by atoms with Crippen LogP contribution in [0, 0.1) is 5.82 Å². The number of aliphatic hydroxyl groups excluding tert-OH is 2. The van der Waals surface area contributed by atoms with Gasteiger partial charge < -0.3 is 14.9 Å². The van der Waals surface area contributed by atoms with E-state index in [0.29, 0.717) is 17.7 Å². The molecule has 16 heavy (non-hydrogen) atoms. The number of halogens is 1. The van der Waals surface area contributed by atoms with E-state index in [1.54, 1.807) is 0 Å². The normalized spacial score (nSPS) is 14.6. The van der Waals surface area contributed by atoms with Gasteiger partial charge in [-0.1, -0.05) is 6.92 Å². The van der Waals surface area contributed by atoms with E-state index < -0.39 is 18.0 Å². The van der Waals surface area contributed by atoms with Gasteiger partial charge in [0, 0.05) is 5.56 Å². The van der Waals surface area contributed by atoms with Crippen molar-refractivity contribution in [2.75, 3.05) is 6.61 Å². The maximum absolute atomic E-state index is 13.0. The van der Waals surface area contributed by atoms with E-state index in [0.717, 1.165) is 0 Å². The van der Waals surface area contributed by atoms with Gasteiger partial charge in [0.15, 0.2) is 0 Å². The molecule has 1 aromatic rings. The molecule has 0 radical (unpaired) electrons. The van der Waals surface area contributed by atoms with Gasteiger partial charge in [0.25, 0.3) is 0 Å². The van der Waals surface area contributed by atoms with Gasteiger partial charge in [0.1, 0.15) is 18.2 Å². The first-order valence-corrected chi connectivity index (χ1v) is 5.33. The number of hydrogen-bond acceptors (Lipinski definition) is 3. The lowest BCUT2D eigenvalue weighted by Crippen LogP contribution is -2.17. The van der Waals surface area contributed by atoms with Crippen LogP contribution in [-0.4, -0.2) is 22.9 Å². The second-order valence-corrected chi connectivity index (χ2v) is 3.73. The first-order chi connectivity index (χ1) is 7.54. The fourth-order valence-electron chi connectivity index (χ4n) is 1.28. The summed E-state index contributed by atoms with van der Waals surface area (Å²) in [4.78, 5) is 0. The lowest BCUT2D eigenvalue weighted by atomic mass is 10.1. The fourth-order valence-corrected chi connectivity index (χ4v) is 1.28. The Morgan fingerprint density at radius 3 is 2.62 bits per heavy atom. The Hall–Kier alpha value is -1.13. The van der Waals surface area contributed by atoms with Gasteiger partial charge in [0.2, 0.25) is 0 Å². The smallest absolute Gasteiger partial charge is 0.125 e. The number of rotatable bonds is 5. The van der Waals surface area contributed by atoms with E-state index in [1.807, 2.05) is 6.92 Å². The largest absolute Gasteiger partial charge is 0.491 e. The molecule has 4 heteroatoms. The van der Waals surface area contributed by atoms with Crippen LogP contribution in [0.5, 0.6) is 5.75 Å². The summed E-state index contributed by atoms with van der Waals surface area (Å²) in [6.07, 6.45) is -0.762. The Balaban J connectivity index is 2.78. The van der Waals surface area contributed by atoms with Crippen molar-refractivity contribution in [3.8, 4) is 5.75 Å². The highest BCUT2D eigenvalue weighted by Gasteiger charge is 2.11. The van der Waals surface area contributed by atoms with Crippen molar-refractivity contribution in [1.29, 1.82) is 0 Å². The number of aliphatic hydroxyl groups is 2. The average Bonchev–Trinajstić information content (AvgIpc) is 2.26. The molecule has 2 atom stereocenters. The van der Waals surface area contributed by atoms with Gasteiger partial charge in [-0.15, -0.1) is 0 Å². The lowest BCUT2D eigenvalue weighted by molar-refractivity contribution is 0.101. The van der Waals surface area contributed by atoms with Crippen LogP contribution in [0.1, 0.15) is 31.9 Å². The molecule has 0 amide bonds. The Morgan fingerprint density at radius 2 is 2.06 bits per heavy atom. The van der Waals surface area contributed by atoms with Crippen LogP contribution in [0.3, 0.4) is 0 Å². The minimum atomic E-state index is -0.801. The Kier molecular flexibility index (Phi) is 4.71. The van der Waals surface area contributed by atoms with Crippen molar-refractivity contribution in [2.24, 2.45) is 0 Å². The summed E-state index contributed by atoms with van der Waals surface area (Å²) >= 11 is 0. The lowest BCUT2D eigenvalue weighted by Gasteiger charge is -2.15. The summed E-state index contributed by atoms with van der Waals surface area (Å²) in [6, 6.07) is 3.96. The summed E-state index contributed by atoms with van der Waals surface area (Å²) in [5.74, 6) is -0.0109. The third kappa shape index (κ3) is 3.47. The molecular weight excluding hydrogens is 211 g/mol. The highest BCUT2D eigenvalue weighted by molar-refractivity contribution is 5.35. The minimum Gasteiger partial charge on any atom is -0.491 e. The standard InChI is InChI=1S/C12H17FO3/c1-3-10(15)7-16-12-5-4-9(13)6-11(12)8(2)14/h4-6,8,10,14-15H,3,7H2,1-2H3/t8-,10?/m0/s1. The van der Waals surface area contributed by atoms with Crippen molar-refractivity contribution in [2.45, 2.75) is 32.5 Å². The summed E-state index contributed by atoms with van der Waals surface area (Å²) in [7, 11) is 0. The van der Waals surface area contributed by atoms with Crippen LogP contribution in [0.2, 0.25) is 0 Å². The molecule has 0 aliphatic carbocycles. The highest BCUT2D eigenvalue weighted by atomic mass is 19.1. The maximum Gasteiger partial charge on any atom is 0.125 e. The monoisotopic (exact) mass is 228 g/mol. The predicted molar refractivity (Wildman–Crippen MR) is 58.8 cm³/mol. The molecule has 0 heterocycles. The molecule has 3 nitrogen and oxygen atoms in total. The number of hydrogen-bond donors (Lipinski definition) is 2. The second-order valence-electron chi connectivity index (χ2n) is 3.73. The topological polar surface area (TPSA) is 49.7 Å². The van der Waals surface area contributed by atoms with Crippen LogP contribution in [0.25, 0.3) is 0 Å². The van der Waals surface area contributed by atoms with E-state index >= 15 is 0 Å². The van der Waals surface area contributed by atoms with Crippen LogP contribution in [0.4, 0.5) is 4.39 Å². The molecular formula is C12H17FO3. The number of benzene rings is 1. The molecule has 0 saturated heterocycles. The zero-order valence-corrected chi connectivity index (χ0v) is 9.48. The Bertz CT molecular complexity index is 339. The summed E-state index contributed by atoms with van der Waals surface area (Å²) in [5, 5.41) is 18.8. The van der Waals surface area contributed by atoms with Gasteiger partial charge in [-0.05, 0) is 31.5 Å². The SMILES string of the molecule is CCC(O)COc1ccc(F)cc1[C@H](C)O. The molecule has 1 aromatic carbocycles. The molecule has 0 aliphatic heterocycles. The third-order valence-corrected chi connectivity index (χ3v) is 2.32. The van der Waals surface area contributed by atoms with Gasteiger partial charge in [-0.2, -0.15) is 0 Å². The van der Waals surface area contributed by atoms with Gasteiger partial charge >= 0.3 is 0 Å². The van der Waals surface area contributed by atoms with Gasteiger partial charge in [0.05, 0.1) is 12.2 Å².